The monoisotopic (exact) mass is 542 g/mol. The fraction of sp³-hybridized carbons (Fsp3) is 0.107. The first kappa shape index (κ1) is 24.6. The summed E-state index contributed by atoms with van der Waals surface area (Å²) in [6.07, 6.45) is 0.392. The number of H-pyrrole nitrogens is 1. The summed E-state index contributed by atoms with van der Waals surface area (Å²) in [5, 5.41) is 4.89. The van der Waals surface area contributed by atoms with Gasteiger partial charge in [0.15, 0.2) is 6.17 Å². The van der Waals surface area contributed by atoms with Crippen LogP contribution in [0.1, 0.15) is 41.4 Å². The van der Waals surface area contributed by atoms with Gasteiger partial charge >= 0.3 is 0 Å². The molecule has 1 unspecified atom stereocenters. The number of halogens is 1. The highest BCUT2D eigenvalue weighted by Crippen LogP contribution is 2.30. The van der Waals surface area contributed by atoms with E-state index in [1.807, 2.05) is 0 Å². The van der Waals surface area contributed by atoms with Crippen LogP contribution in [0.5, 0.6) is 0 Å². The molecule has 3 aromatic heterocycles. The van der Waals surface area contributed by atoms with Crippen molar-refractivity contribution in [2.45, 2.75) is 24.4 Å². The van der Waals surface area contributed by atoms with Gasteiger partial charge in [-0.1, -0.05) is 43.3 Å². The average molecular weight is 543 g/mol. The summed E-state index contributed by atoms with van der Waals surface area (Å²) in [6.45, 7) is 1.73. The maximum Gasteiger partial charge on any atom is 0.268 e. The van der Waals surface area contributed by atoms with E-state index in [0.717, 1.165) is 3.97 Å². The van der Waals surface area contributed by atoms with Crippen molar-refractivity contribution in [2.24, 2.45) is 0 Å². The van der Waals surface area contributed by atoms with E-state index in [1.54, 1.807) is 67.6 Å². The number of nitrogens with two attached hydrogens (primary N) is 1. The Kier molecular flexibility index (Phi) is 5.80. The zero-order valence-corrected chi connectivity index (χ0v) is 21.6. The molecule has 3 N–H and O–H groups in total. The Hall–Kier alpha value is -4.77. The highest BCUT2D eigenvalue weighted by atomic mass is 32.2. The molecule has 6 aromatic rings. The molecule has 0 fully saturated rings. The number of carbonyl (C=O) groups excluding carboxylic acids is 1. The van der Waals surface area contributed by atoms with Crippen molar-refractivity contribution in [3.8, 4) is 5.69 Å². The average Bonchev–Trinajstić information content (AvgIpc) is 3.67. The van der Waals surface area contributed by atoms with E-state index >= 15 is 0 Å². The molecule has 11 heteroatoms. The van der Waals surface area contributed by atoms with Gasteiger partial charge in [0.05, 0.1) is 38.9 Å². The summed E-state index contributed by atoms with van der Waals surface area (Å²) < 4.78 is 43.9. The third-order valence-electron chi connectivity index (χ3n) is 6.62. The van der Waals surface area contributed by atoms with E-state index in [-0.39, 0.29) is 27.8 Å². The quantitative estimate of drug-likeness (QED) is 0.268. The molecule has 3 heterocycles. The van der Waals surface area contributed by atoms with E-state index in [2.05, 4.69) is 15.1 Å². The summed E-state index contributed by atoms with van der Waals surface area (Å²) in [6, 6.07) is 21.5. The lowest BCUT2D eigenvalue weighted by atomic mass is 10.1. The predicted octanol–water partition coefficient (Wildman–Crippen LogP) is 5.17. The number of anilines is 1. The highest BCUT2D eigenvalue weighted by Gasteiger charge is 2.29. The van der Waals surface area contributed by atoms with Crippen molar-refractivity contribution in [3.63, 3.8) is 0 Å². The number of fused-ring (bicyclic) bond motifs is 2. The number of rotatable bonds is 7. The highest BCUT2D eigenvalue weighted by molar-refractivity contribution is 7.90. The van der Waals surface area contributed by atoms with Gasteiger partial charge in [-0.3, -0.25) is 4.79 Å². The molecule has 0 radical (unpaired) electrons. The number of nitrogens with one attached hydrogen (secondary N) is 1. The summed E-state index contributed by atoms with van der Waals surface area (Å²) >= 11 is 0. The van der Waals surface area contributed by atoms with Gasteiger partial charge in [0, 0.05) is 5.39 Å². The molecule has 9 nitrogen and oxygen atoms in total. The number of nitrogens with zero attached hydrogens (tertiary/aromatic N) is 4. The molecule has 3 aromatic carbocycles. The van der Waals surface area contributed by atoms with Crippen LogP contribution in [0.15, 0.2) is 90.0 Å². The summed E-state index contributed by atoms with van der Waals surface area (Å²) in [4.78, 5) is 21.2. The van der Waals surface area contributed by atoms with Crippen molar-refractivity contribution >= 4 is 43.6 Å². The van der Waals surface area contributed by atoms with E-state index < -0.39 is 22.0 Å². The van der Waals surface area contributed by atoms with Crippen molar-refractivity contribution in [3.05, 3.63) is 102 Å². The Bertz CT molecular complexity index is 1970. The van der Waals surface area contributed by atoms with Gasteiger partial charge in [0.25, 0.3) is 10.0 Å². The zero-order valence-electron chi connectivity index (χ0n) is 20.7. The fourth-order valence-corrected chi connectivity index (χ4v) is 6.14. The predicted molar refractivity (Wildman–Crippen MR) is 146 cm³/mol. The largest absolute Gasteiger partial charge is 0.383 e. The first-order chi connectivity index (χ1) is 18.8. The number of carbonyl (C=O) groups is 1. The third kappa shape index (κ3) is 3.98. The second-order valence-corrected chi connectivity index (χ2v) is 10.8. The second-order valence-electron chi connectivity index (χ2n) is 9.05. The topological polar surface area (TPSA) is 129 Å². The summed E-state index contributed by atoms with van der Waals surface area (Å²) in [7, 11) is -4.11. The molecule has 0 saturated carbocycles. The van der Waals surface area contributed by atoms with Crippen LogP contribution < -0.4 is 5.73 Å². The van der Waals surface area contributed by atoms with Crippen molar-refractivity contribution in [2.75, 3.05) is 5.73 Å². The minimum absolute atomic E-state index is 0.0287. The number of para-hydroxylation sites is 1. The minimum Gasteiger partial charge on any atom is -0.383 e. The zero-order chi connectivity index (χ0) is 27.3. The van der Waals surface area contributed by atoms with Crippen molar-refractivity contribution in [1.29, 1.82) is 0 Å². The number of nitrogen functional groups attached to an aromatic ring is 1. The lowest BCUT2D eigenvalue weighted by Gasteiger charge is -2.11. The molecule has 0 aliphatic carbocycles. The molecule has 39 heavy (non-hydrogen) atoms. The molecular formula is C28H23FN6O3S. The Balaban J connectivity index is 1.45. The number of imidazole rings is 1. The van der Waals surface area contributed by atoms with Crippen LogP contribution in [0.3, 0.4) is 0 Å². The molecule has 0 spiro atoms. The Morgan fingerprint density at radius 1 is 1.05 bits per heavy atom. The van der Waals surface area contributed by atoms with Crippen LogP contribution in [0.25, 0.3) is 27.6 Å². The maximum absolute atomic E-state index is 14.1. The van der Waals surface area contributed by atoms with Crippen LogP contribution in [0, 0.1) is 0 Å². The molecule has 0 bridgehead atoms. The number of hydrogen-bond acceptors (Lipinski definition) is 6. The SMILES string of the molecule is CCC(F)c1nc2cc(-n3ncc(C(=O)c4cc5ccccc5n4S(=O)(=O)c4ccccc4)c3N)ccc2[nH]1. The van der Waals surface area contributed by atoms with Gasteiger partial charge in [-0.25, -0.2) is 26.4 Å². The first-order valence-corrected chi connectivity index (χ1v) is 13.7. The Morgan fingerprint density at radius 2 is 1.79 bits per heavy atom. The number of hydrogen-bond donors (Lipinski definition) is 2. The molecule has 1 atom stereocenters. The number of ketones is 1. The fourth-order valence-electron chi connectivity index (χ4n) is 4.61. The van der Waals surface area contributed by atoms with Gasteiger partial charge in [0.1, 0.15) is 17.3 Å². The number of benzene rings is 3. The molecule has 0 saturated heterocycles. The van der Waals surface area contributed by atoms with E-state index in [0.29, 0.717) is 34.0 Å². The number of alkyl halides is 1. The first-order valence-electron chi connectivity index (χ1n) is 12.2. The van der Waals surface area contributed by atoms with Crippen LogP contribution in [0.2, 0.25) is 0 Å². The maximum atomic E-state index is 14.1. The van der Waals surface area contributed by atoms with Crippen molar-refractivity contribution < 1.29 is 17.6 Å². The van der Waals surface area contributed by atoms with Crippen LogP contribution in [-0.4, -0.2) is 37.9 Å². The molecule has 6 rings (SSSR count). The van der Waals surface area contributed by atoms with E-state index in [9.17, 15) is 17.6 Å². The normalized spacial score (nSPS) is 12.8. The van der Waals surface area contributed by atoms with Gasteiger partial charge < -0.3 is 10.7 Å². The second kappa shape index (κ2) is 9.21. The molecule has 196 valence electrons. The number of aromatic nitrogens is 5. The molecular weight excluding hydrogens is 519 g/mol. The molecule has 0 aliphatic rings. The minimum atomic E-state index is -4.11. The molecule has 0 amide bonds. The van der Waals surface area contributed by atoms with E-state index in [4.69, 9.17) is 5.73 Å². The molecule has 0 aliphatic heterocycles. The standard InChI is InChI=1S/C28H23FN6O3S/c1-2-21(29)28-32-22-13-12-18(15-23(22)33-28)34-27(30)20(16-31-34)26(36)25-14-17-8-6-7-11-24(17)35(25)39(37,38)19-9-4-3-5-10-19/h3-16,21H,2,30H2,1H3,(H,32,33). The van der Waals surface area contributed by atoms with Crippen LogP contribution in [-0.2, 0) is 10.0 Å². The van der Waals surface area contributed by atoms with Gasteiger partial charge in [-0.2, -0.15) is 5.10 Å². The smallest absolute Gasteiger partial charge is 0.268 e. The Labute approximate surface area is 222 Å². The van der Waals surface area contributed by atoms with Crippen LogP contribution >= 0.6 is 0 Å². The third-order valence-corrected chi connectivity index (χ3v) is 8.36. The Morgan fingerprint density at radius 3 is 2.56 bits per heavy atom. The van der Waals surface area contributed by atoms with Gasteiger partial charge in [0.2, 0.25) is 5.78 Å². The summed E-state index contributed by atoms with van der Waals surface area (Å²) in [5.41, 5.74) is 8.43. The summed E-state index contributed by atoms with van der Waals surface area (Å²) in [5.74, 6) is -0.330. The van der Waals surface area contributed by atoms with Crippen LogP contribution in [0.4, 0.5) is 10.2 Å². The lowest BCUT2D eigenvalue weighted by Crippen LogP contribution is -2.19. The lowest BCUT2D eigenvalue weighted by molar-refractivity contribution is 0.103. The number of aromatic amines is 1. The van der Waals surface area contributed by atoms with Gasteiger partial charge in [-0.15, -0.1) is 0 Å². The van der Waals surface area contributed by atoms with E-state index in [1.165, 1.54) is 29.1 Å². The van der Waals surface area contributed by atoms with Crippen molar-refractivity contribution in [1.82, 2.24) is 23.7 Å². The van der Waals surface area contributed by atoms with Gasteiger partial charge in [-0.05, 0) is 48.9 Å².